The summed E-state index contributed by atoms with van der Waals surface area (Å²) in [6.45, 7) is 17.1. The molecule has 17 nitrogen and oxygen atoms in total. The highest BCUT2D eigenvalue weighted by molar-refractivity contribution is 7.10. The quantitative estimate of drug-likeness (QED) is 0.102. The van der Waals surface area contributed by atoms with Crippen LogP contribution in [0.4, 0.5) is 5.69 Å². The summed E-state index contributed by atoms with van der Waals surface area (Å²) in [5, 5.41) is 12.3. The molecule has 7 aliphatic heterocycles. The van der Waals surface area contributed by atoms with Crippen LogP contribution in [0.2, 0.25) is 0 Å². The van der Waals surface area contributed by atoms with Crippen molar-refractivity contribution in [3.63, 3.8) is 0 Å². The fourth-order valence-corrected chi connectivity index (χ4v) is 16.3. The Balaban J connectivity index is 0.827. The van der Waals surface area contributed by atoms with Crippen LogP contribution in [0, 0.1) is 22.7 Å². The number of esters is 1. The molecular weight excluding hydrogens is 1030 g/mol. The number of piperidine rings is 1. The van der Waals surface area contributed by atoms with E-state index >= 15 is 9.59 Å². The molecule has 0 radical (unpaired) electrons. The van der Waals surface area contributed by atoms with Crippen molar-refractivity contribution in [2.24, 2.45) is 22.7 Å². The zero-order valence-corrected chi connectivity index (χ0v) is 48.8. The van der Waals surface area contributed by atoms with Crippen LogP contribution >= 0.6 is 11.3 Å². The standard InChI is InChI=1S/C62H85N11O6S/c1-6-72-50-19-18-41-28-44(50)46(56(72)45-29-43(32-63-52(45)38(2)78-5)69-27-26-68-22-10-9-14-42(68)33-69)31-61(3,4)37-79-60(77)47-15-11-23-73(67-47)58(75)48(30-51-64-49(41)34-80-51)65-57(74)55(40-12-7-8-13-40)70-24-20-62(35-70)21-25-71(36-62)59(76)54-53(66-54)39-16-17-39/h18-19,28-29,32,34,38-40,42,47-48,53-55,66-67H,6-17,20-27,30-31,33,35-37H2,1-5H3,(H,65,74)/t38-,42+,47-,48-,53+,54+,55-,62-/m0/s1. The van der Waals surface area contributed by atoms with Gasteiger partial charge in [-0.25, -0.2) is 10.4 Å². The Hall–Kier alpha value is -4.98. The fourth-order valence-electron chi connectivity index (χ4n) is 15.5. The van der Waals surface area contributed by atoms with Gasteiger partial charge in [0.05, 0.1) is 52.7 Å². The van der Waals surface area contributed by atoms with E-state index in [2.05, 4.69) is 97.6 Å². The molecule has 3 N–H and O–H groups in total. The molecule has 6 saturated heterocycles. The van der Waals surface area contributed by atoms with Gasteiger partial charge in [0.15, 0.2) is 0 Å². The molecule has 6 bridgehead atoms. The number of rotatable bonds is 11. The normalized spacial score (nSPS) is 29.5. The predicted molar refractivity (Wildman–Crippen MR) is 310 cm³/mol. The predicted octanol–water partition coefficient (Wildman–Crippen LogP) is 7.11. The number of amides is 3. The number of aryl methyl sites for hydroxylation is 1. The maximum absolute atomic E-state index is 15.3. The number of fused-ring (bicyclic) bond motifs is 7. The highest BCUT2D eigenvalue weighted by atomic mass is 32.1. The van der Waals surface area contributed by atoms with Gasteiger partial charge in [0, 0.05) is 116 Å². The first-order valence-corrected chi connectivity index (χ1v) is 31.6. The number of pyridine rings is 1. The van der Waals surface area contributed by atoms with Gasteiger partial charge >= 0.3 is 5.97 Å². The SMILES string of the molecule is CCn1c(-c2cc(N3CCN4CCCC[C@@H]4C3)cnc2[C@H](C)OC)c2c3cc(ccc31)-c1csc(n1)C[C@H](NC(=O)[C@H](C1CCCC1)N1CC[C@]3(CCN(C(=O)[C@@H]4N[C@@H]4C4CC4)C3)C1)C(=O)N1CCC[C@H](N1)C(=O)OCC(C)(C)C2. The number of hydrogen-bond donors (Lipinski definition) is 3. The number of nitrogens with one attached hydrogen (secondary N) is 3. The smallest absolute Gasteiger partial charge is 0.324 e. The third kappa shape index (κ3) is 10.6. The maximum atomic E-state index is 15.3. The fraction of sp³-hybridized carbons (Fsp3) is 0.677. The zero-order valence-electron chi connectivity index (χ0n) is 48.0. The third-order valence-electron chi connectivity index (χ3n) is 20.2. The summed E-state index contributed by atoms with van der Waals surface area (Å²) in [7, 11) is 1.75. The van der Waals surface area contributed by atoms with Crippen molar-refractivity contribution in [3.8, 4) is 22.5 Å². The van der Waals surface area contributed by atoms with E-state index in [-0.39, 0.29) is 66.2 Å². The minimum absolute atomic E-state index is 0.0268. The number of benzene rings is 1. The first-order chi connectivity index (χ1) is 38.8. The Bertz CT molecular complexity index is 3000. The number of anilines is 1. The molecule has 430 valence electrons. The molecule has 2 saturated carbocycles. The maximum Gasteiger partial charge on any atom is 0.324 e. The van der Waals surface area contributed by atoms with Gasteiger partial charge in [-0.3, -0.25) is 44.3 Å². The van der Waals surface area contributed by atoms with E-state index in [0.717, 1.165) is 146 Å². The number of piperazine rings is 1. The van der Waals surface area contributed by atoms with E-state index in [9.17, 15) is 9.59 Å². The number of nitrogens with zero attached hydrogens (tertiary/aromatic N) is 8. The molecule has 80 heavy (non-hydrogen) atoms. The summed E-state index contributed by atoms with van der Waals surface area (Å²) in [4.78, 5) is 78.5. The van der Waals surface area contributed by atoms with Crippen molar-refractivity contribution in [3.05, 3.63) is 52.1 Å². The third-order valence-corrected chi connectivity index (χ3v) is 21.0. The second-order valence-electron chi connectivity index (χ2n) is 26.3. The molecule has 9 aliphatic rings. The molecular formula is C62H85N11O6S. The Morgan fingerprint density at radius 1 is 0.950 bits per heavy atom. The lowest BCUT2D eigenvalue weighted by Gasteiger charge is -2.45. The summed E-state index contributed by atoms with van der Waals surface area (Å²) >= 11 is 1.51. The largest absolute Gasteiger partial charge is 0.464 e. The van der Waals surface area contributed by atoms with Crippen LogP contribution in [0.3, 0.4) is 0 Å². The van der Waals surface area contributed by atoms with Crippen molar-refractivity contribution < 1.29 is 28.7 Å². The lowest BCUT2D eigenvalue weighted by atomic mass is 9.84. The van der Waals surface area contributed by atoms with Gasteiger partial charge in [0.1, 0.15) is 18.1 Å². The highest BCUT2D eigenvalue weighted by Crippen LogP contribution is 2.47. The van der Waals surface area contributed by atoms with E-state index in [0.29, 0.717) is 43.8 Å². The van der Waals surface area contributed by atoms with Crippen molar-refractivity contribution in [1.82, 2.24) is 50.3 Å². The average Bonchev–Trinajstić information content (AvgIpc) is 4.34. The van der Waals surface area contributed by atoms with Crippen LogP contribution in [0.5, 0.6) is 0 Å². The van der Waals surface area contributed by atoms with Crippen LogP contribution in [0.25, 0.3) is 33.4 Å². The Labute approximate surface area is 476 Å². The van der Waals surface area contributed by atoms with Crippen LogP contribution in [-0.4, -0.2) is 167 Å². The summed E-state index contributed by atoms with van der Waals surface area (Å²) in [5.41, 5.74) is 11.0. The van der Waals surface area contributed by atoms with Crippen LogP contribution in [-0.2, 0) is 48.0 Å². The second-order valence-corrected chi connectivity index (χ2v) is 27.3. The number of cyclic esters (lactones) is 1. The molecule has 0 unspecified atom stereocenters. The Morgan fingerprint density at radius 2 is 1.77 bits per heavy atom. The number of hydrazine groups is 1. The van der Waals surface area contributed by atoms with E-state index in [1.54, 1.807) is 12.1 Å². The molecule has 3 aromatic heterocycles. The number of likely N-dealkylation sites (tertiary alicyclic amines) is 2. The van der Waals surface area contributed by atoms with E-state index in [1.165, 1.54) is 50.0 Å². The Morgan fingerprint density at radius 3 is 2.59 bits per heavy atom. The van der Waals surface area contributed by atoms with Gasteiger partial charge < -0.3 is 29.2 Å². The molecule has 1 spiro atoms. The minimum Gasteiger partial charge on any atom is -0.464 e. The van der Waals surface area contributed by atoms with Gasteiger partial charge in [-0.2, -0.15) is 0 Å². The van der Waals surface area contributed by atoms with E-state index < -0.39 is 17.5 Å². The van der Waals surface area contributed by atoms with E-state index in [4.69, 9.17) is 19.4 Å². The molecule has 3 amide bonds. The van der Waals surface area contributed by atoms with Gasteiger partial charge in [0.25, 0.3) is 5.91 Å². The van der Waals surface area contributed by atoms with Gasteiger partial charge in [-0.1, -0.05) is 39.2 Å². The Kier molecular flexibility index (Phi) is 14.9. The number of hydrogen-bond acceptors (Lipinski definition) is 14. The molecule has 8 atom stereocenters. The van der Waals surface area contributed by atoms with Crippen molar-refractivity contribution in [2.45, 2.75) is 173 Å². The van der Waals surface area contributed by atoms with Crippen molar-refractivity contribution in [1.29, 1.82) is 0 Å². The van der Waals surface area contributed by atoms with Crippen LogP contribution in [0.1, 0.15) is 134 Å². The summed E-state index contributed by atoms with van der Waals surface area (Å²) in [6, 6.07) is 7.84. The van der Waals surface area contributed by atoms with Gasteiger partial charge in [0.2, 0.25) is 11.8 Å². The number of thiazole rings is 1. The first-order valence-electron chi connectivity index (χ1n) is 30.7. The topological polar surface area (TPSA) is 180 Å². The zero-order chi connectivity index (χ0) is 55.0. The molecule has 8 fully saturated rings. The van der Waals surface area contributed by atoms with Crippen molar-refractivity contribution in [2.75, 3.05) is 77.5 Å². The lowest BCUT2D eigenvalue weighted by Crippen LogP contribution is -2.62. The molecule has 4 aromatic rings. The number of carbonyl (C=O) groups excluding carboxylic acids is 4. The van der Waals surface area contributed by atoms with Gasteiger partial charge in [-0.05, 0) is 133 Å². The van der Waals surface area contributed by atoms with E-state index in [1.807, 2.05) is 6.20 Å². The first kappa shape index (κ1) is 54.3. The second kappa shape index (κ2) is 22.0. The molecule has 2 aliphatic carbocycles. The molecule has 18 heteroatoms. The number of carbonyl (C=O) groups is 4. The molecule has 13 rings (SSSR count). The van der Waals surface area contributed by atoms with Crippen LogP contribution < -0.4 is 21.0 Å². The number of ether oxygens (including phenoxy) is 2. The highest BCUT2D eigenvalue weighted by Gasteiger charge is 2.55. The summed E-state index contributed by atoms with van der Waals surface area (Å²) in [6.07, 6.45) is 15.9. The molecule has 1 aromatic carbocycles. The minimum atomic E-state index is -0.929. The monoisotopic (exact) mass is 1110 g/mol. The summed E-state index contributed by atoms with van der Waals surface area (Å²) < 4.78 is 14.8. The van der Waals surface area contributed by atoms with Crippen molar-refractivity contribution >= 4 is 51.6 Å². The van der Waals surface area contributed by atoms with Crippen LogP contribution in [0.15, 0.2) is 35.8 Å². The number of aromatic nitrogens is 3. The van der Waals surface area contributed by atoms with Gasteiger partial charge in [-0.15, -0.1) is 11.3 Å². The summed E-state index contributed by atoms with van der Waals surface area (Å²) in [5.74, 6) is 0.297. The number of methoxy groups -OCH3 is 1. The molecule has 10 heterocycles. The average molecular weight is 1110 g/mol. The lowest BCUT2D eigenvalue weighted by molar-refractivity contribution is -0.155.